The molecule has 106 valence electrons. The van der Waals surface area contributed by atoms with Gasteiger partial charge in [0.2, 0.25) is 0 Å². The molecule has 0 spiro atoms. The topological polar surface area (TPSA) is 38.5 Å². The van der Waals surface area contributed by atoms with Crippen molar-refractivity contribution in [3.8, 4) is 5.75 Å². The highest BCUT2D eigenvalue weighted by atomic mass is 16.5. The summed E-state index contributed by atoms with van der Waals surface area (Å²) in [6.45, 7) is 6.38. The Kier molecular flexibility index (Phi) is 4.16. The Morgan fingerprint density at radius 3 is 2.53 bits per heavy atom. The molecule has 1 aromatic rings. The fraction of sp³-hybridized carbons (Fsp3) is 0.625. The Bertz CT molecular complexity index is 452. The van der Waals surface area contributed by atoms with Crippen LogP contribution in [-0.2, 0) is 6.42 Å². The van der Waals surface area contributed by atoms with Crippen molar-refractivity contribution in [1.29, 1.82) is 0 Å². The van der Waals surface area contributed by atoms with Crippen molar-refractivity contribution in [3.63, 3.8) is 0 Å². The van der Waals surface area contributed by atoms with E-state index in [1.807, 2.05) is 0 Å². The average Bonchev–Trinajstić information content (AvgIpc) is 3.08. The molecule has 0 amide bonds. The molecule has 1 fully saturated rings. The van der Waals surface area contributed by atoms with E-state index < -0.39 is 0 Å². The second kappa shape index (κ2) is 5.51. The van der Waals surface area contributed by atoms with Crippen LogP contribution in [0.2, 0.25) is 0 Å². The van der Waals surface area contributed by atoms with E-state index in [1.165, 1.54) is 29.5 Å². The molecule has 19 heavy (non-hydrogen) atoms. The molecule has 0 aliphatic heterocycles. The molecule has 1 aliphatic carbocycles. The third-order valence-corrected chi connectivity index (χ3v) is 4.31. The van der Waals surface area contributed by atoms with Crippen LogP contribution in [0.15, 0.2) is 12.1 Å². The standard InChI is InChI=1S/C16H26N2O/c1-12-13(2)15(19-4)6-5-14(12)7-10-18(3)11-16(17)8-9-16/h5-6H,7-11,17H2,1-4H3. The lowest BCUT2D eigenvalue weighted by atomic mass is 10.00. The van der Waals surface area contributed by atoms with Crippen molar-refractivity contribution in [2.45, 2.75) is 38.6 Å². The Balaban J connectivity index is 1.94. The summed E-state index contributed by atoms with van der Waals surface area (Å²) in [5, 5.41) is 0. The van der Waals surface area contributed by atoms with Crippen molar-refractivity contribution < 1.29 is 4.74 Å². The zero-order valence-corrected chi connectivity index (χ0v) is 12.6. The monoisotopic (exact) mass is 262 g/mol. The molecule has 0 aromatic heterocycles. The number of nitrogens with two attached hydrogens (primary N) is 1. The molecule has 0 bridgehead atoms. The van der Waals surface area contributed by atoms with Crippen LogP contribution in [0.3, 0.4) is 0 Å². The van der Waals surface area contributed by atoms with Crippen molar-refractivity contribution in [3.05, 3.63) is 28.8 Å². The molecule has 0 radical (unpaired) electrons. The number of hydrogen-bond donors (Lipinski definition) is 1. The number of nitrogens with zero attached hydrogens (tertiary/aromatic N) is 1. The molecule has 3 heteroatoms. The number of ether oxygens (including phenoxy) is 1. The maximum absolute atomic E-state index is 6.15. The second-order valence-corrected chi connectivity index (χ2v) is 6.03. The first-order valence-corrected chi connectivity index (χ1v) is 7.06. The maximum Gasteiger partial charge on any atom is 0.122 e. The lowest BCUT2D eigenvalue weighted by Gasteiger charge is -2.21. The zero-order valence-electron chi connectivity index (χ0n) is 12.6. The van der Waals surface area contributed by atoms with Gasteiger partial charge in [0.1, 0.15) is 5.75 Å². The molecule has 2 N–H and O–H groups in total. The summed E-state index contributed by atoms with van der Waals surface area (Å²) < 4.78 is 5.35. The summed E-state index contributed by atoms with van der Waals surface area (Å²) in [6, 6.07) is 4.26. The van der Waals surface area contributed by atoms with Gasteiger partial charge in [-0.1, -0.05) is 6.07 Å². The summed E-state index contributed by atoms with van der Waals surface area (Å²) in [6.07, 6.45) is 3.43. The maximum atomic E-state index is 6.15. The Labute approximate surface area is 116 Å². The van der Waals surface area contributed by atoms with E-state index in [0.717, 1.165) is 25.3 Å². The lowest BCUT2D eigenvalue weighted by Crippen LogP contribution is -2.38. The van der Waals surface area contributed by atoms with Crippen LogP contribution in [-0.4, -0.2) is 37.7 Å². The van der Waals surface area contributed by atoms with Crippen LogP contribution in [0.5, 0.6) is 5.75 Å². The molecule has 1 aromatic carbocycles. The third kappa shape index (κ3) is 3.48. The molecule has 2 rings (SSSR count). The Hall–Kier alpha value is -1.06. The second-order valence-electron chi connectivity index (χ2n) is 6.03. The van der Waals surface area contributed by atoms with E-state index in [9.17, 15) is 0 Å². The van der Waals surface area contributed by atoms with Gasteiger partial charge < -0.3 is 15.4 Å². The molecule has 0 heterocycles. The van der Waals surface area contributed by atoms with Gasteiger partial charge in [0, 0.05) is 18.6 Å². The van der Waals surface area contributed by atoms with Crippen molar-refractivity contribution >= 4 is 0 Å². The van der Waals surface area contributed by atoms with Crippen LogP contribution < -0.4 is 10.5 Å². The summed E-state index contributed by atoms with van der Waals surface area (Å²) in [5.74, 6) is 0.980. The van der Waals surface area contributed by atoms with Crippen LogP contribution in [0.4, 0.5) is 0 Å². The first-order chi connectivity index (χ1) is 8.95. The van der Waals surface area contributed by atoms with Crippen LogP contribution in [0.25, 0.3) is 0 Å². The van der Waals surface area contributed by atoms with E-state index >= 15 is 0 Å². The minimum atomic E-state index is 0.111. The predicted octanol–water partition coefficient (Wildman–Crippen LogP) is 2.28. The van der Waals surface area contributed by atoms with Crippen molar-refractivity contribution in [1.82, 2.24) is 4.90 Å². The van der Waals surface area contributed by atoms with E-state index in [-0.39, 0.29) is 5.54 Å². The molecule has 1 aliphatic rings. The molecular weight excluding hydrogens is 236 g/mol. The Morgan fingerprint density at radius 2 is 1.95 bits per heavy atom. The fourth-order valence-electron chi connectivity index (χ4n) is 2.59. The number of likely N-dealkylation sites (N-methyl/N-ethyl adjacent to an activating group) is 1. The highest BCUT2D eigenvalue weighted by Crippen LogP contribution is 2.32. The van der Waals surface area contributed by atoms with Gasteiger partial charge in [0.05, 0.1) is 7.11 Å². The van der Waals surface area contributed by atoms with Crippen molar-refractivity contribution in [2.24, 2.45) is 5.73 Å². The van der Waals surface area contributed by atoms with Gasteiger partial charge in [-0.25, -0.2) is 0 Å². The van der Waals surface area contributed by atoms with Crippen LogP contribution >= 0.6 is 0 Å². The largest absolute Gasteiger partial charge is 0.496 e. The van der Waals surface area contributed by atoms with Gasteiger partial charge in [-0.2, -0.15) is 0 Å². The van der Waals surface area contributed by atoms with Gasteiger partial charge in [-0.3, -0.25) is 0 Å². The Morgan fingerprint density at radius 1 is 1.26 bits per heavy atom. The summed E-state index contributed by atoms with van der Waals surface area (Å²) >= 11 is 0. The first-order valence-electron chi connectivity index (χ1n) is 7.06. The summed E-state index contributed by atoms with van der Waals surface area (Å²) in [5.41, 5.74) is 10.3. The molecule has 0 unspecified atom stereocenters. The highest BCUT2D eigenvalue weighted by molar-refractivity contribution is 5.43. The van der Waals surface area contributed by atoms with Gasteiger partial charge in [0.25, 0.3) is 0 Å². The smallest absolute Gasteiger partial charge is 0.122 e. The first kappa shape index (κ1) is 14.4. The van der Waals surface area contributed by atoms with E-state index in [4.69, 9.17) is 10.5 Å². The minimum Gasteiger partial charge on any atom is -0.496 e. The summed E-state index contributed by atoms with van der Waals surface area (Å²) in [7, 11) is 3.89. The molecule has 1 saturated carbocycles. The summed E-state index contributed by atoms with van der Waals surface area (Å²) in [4.78, 5) is 2.35. The molecular formula is C16H26N2O. The molecule has 0 atom stereocenters. The van der Waals surface area contributed by atoms with Crippen molar-refractivity contribution in [2.75, 3.05) is 27.2 Å². The molecule has 0 saturated heterocycles. The van der Waals surface area contributed by atoms with Crippen LogP contribution in [0, 0.1) is 13.8 Å². The zero-order chi connectivity index (χ0) is 14.0. The number of benzene rings is 1. The third-order valence-electron chi connectivity index (χ3n) is 4.31. The minimum absolute atomic E-state index is 0.111. The fourth-order valence-corrected chi connectivity index (χ4v) is 2.59. The normalized spacial score (nSPS) is 16.7. The van der Waals surface area contributed by atoms with E-state index in [2.05, 4.69) is 37.9 Å². The van der Waals surface area contributed by atoms with Crippen LogP contribution in [0.1, 0.15) is 29.5 Å². The molecule has 3 nitrogen and oxygen atoms in total. The number of rotatable bonds is 6. The van der Waals surface area contributed by atoms with Gasteiger partial charge >= 0.3 is 0 Å². The van der Waals surface area contributed by atoms with Gasteiger partial charge in [-0.05, 0) is 62.9 Å². The van der Waals surface area contributed by atoms with Gasteiger partial charge in [0.15, 0.2) is 0 Å². The van der Waals surface area contributed by atoms with E-state index in [0.29, 0.717) is 0 Å². The lowest BCUT2D eigenvalue weighted by molar-refractivity contribution is 0.306. The average molecular weight is 262 g/mol. The number of methoxy groups -OCH3 is 1. The SMILES string of the molecule is COc1ccc(CCN(C)CC2(N)CC2)c(C)c1C. The van der Waals surface area contributed by atoms with E-state index in [1.54, 1.807) is 7.11 Å². The number of hydrogen-bond acceptors (Lipinski definition) is 3. The predicted molar refractivity (Wildman–Crippen MR) is 79.8 cm³/mol. The van der Waals surface area contributed by atoms with Gasteiger partial charge in [-0.15, -0.1) is 0 Å². The highest BCUT2D eigenvalue weighted by Gasteiger charge is 2.38. The quantitative estimate of drug-likeness (QED) is 0.855.